The summed E-state index contributed by atoms with van der Waals surface area (Å²) in [7, 11) is 0.702. The van der Waals surface area contributed by atoms with E-state index >= 15 is 0 Å². The van der Waals surface area contributed by atoms with E-state index < -0.39 is 7.05 Å². The van der Waals surface area contributed by atoms with Crippen molar-refractivity contribution in [1.29, 1.82) is 0 Å². The molecule has 0 aliphatic heterocycles. The lowest BCUT2D eigenvalue weighted by atomic mass is 9.84. The van der Waals surface area contributed by atoms with Crippen LogP contribution in [0.3, 0.4) is 0 Å². The number of anilines is 2. The molecule has 4 rings (SSSR count). The van der Waals surface area contributed by atoms with Gasteiger partial charge in [0.1, 0.15) is 5.75 Å². The number of oxazole rings is 2. The van der Waals surface area contributed by atoms with Gasteiger partial charge >= 0.3 is 7.05 Å². The normalized spacial score (nSPS) is 10.7. The van der Waals surface area contributed by atoms with E-state index in [1.807, 2.05) is 42.5 Å². The summed E-state index contributed by atoms with van der Waals surface area (Å²) in [6.45, 7) is 1.64. The van der Waals surface area contributed by atoms with Crippen LogP contribution in [-0.4, -0.2) is 29.2 Å². The van der Waals surface area contributed by atoms with Gasteiger partial charge in [-0.3, -0.25) is 0 Å². The van der Waals surface area contributed by atoms with Crippen LogP contribution in [0.5, 0.6) is 5.75 Å². The van der Waals surface area contributed by atoms with E-state index in [1.54, 1.807) is 37.2 Å². The van der Waals surface area contributed by atoms with Crippen LogP contribution in [0.15, 0.2) is 76.2 Å². The van der Waals surface area contributed by atoms with Crippen LogP contribution in [0.25, 0.3) is 22.6 Å². The molecule has 0 amide bonds. The first-order valence-corrected chi connectivity index (χ1v) is 8.73. The Morgan fingerprint density at radius 3 is 2.57 bits per heavy atom. The smallest absolute Gasteiger partial charge is 0.417 e. The van der Waals surface area contributed by atoms with Gasteiger partial charge in [-0.15, -0.1) is 0 Å². The molecule has 2 aromatic heterocycles. The molecule has 1 N–H and O–H groups in total. The molecule has 0 radical (unpaired) electrons. The van der Waals surface area contributed by atoms with Gasteiger partial charge in [0.25, 0.3) is 6.01 Å². The van der Waals surface area contributed by atoms with E-state index in [1.165, 1.54) is 6.39 Å². The second-order valence-corrected chi connectivity index (χ2v) is 6.13. The minimum absolute atomic E-state index is 0.281. The van der Waals surface area contributed by atoms with Crippen LogP contribution in [-0.2, 0) is 0 Å². The second kappa shape index (κ2) is 7.62. The third-order valence-corrected chi connectivity index (χ3v) is 4.29. The van der Waals surface area contributed by atoms with Crippen LogP contribution >= 0.6 is 0 Å². The van der Waals surface area contributed by atoms with Crippen molar-refractivity contribution in [3.63, 3.8) is 0 Å². The predicted molar refractivity (Wildman–Crippen MR) is 106 cm³/mol. The molecule has 2 aromatic carbocycles. The van der Waals surface area contributed by atoms with Crippen molar-refractivity contribution in [2.24, 2.45) is 0 Å². The Hall–Kier alpha value is -3.52. The highest BCUT2D eigenvalue weighted by Crippen LogP contribution is 2.36. The Labute approximate surface area is 162 Å². The number of rotatable bonds is 6. The number of methoxy groups -OCH3 is 1. The number of nitrogens with zero attached hydrogens (tertiary/aromatic N) is 3. The fourth-order valence-electron chi connectivity index (χ4n) is 2.98. The van der Waals surface area contributed by atoms with Crippen molar-refractivity contribution in [2.75, 3.05) is 11.9 Å². The Bertz CT molecular complexity index is 1050. The van der Waals surface area contributed by atoms with Crippen molar-refractivity contribution in [3.05, 3.63) is 67.3 Å². The van der Waals surface area contributed by atoms with Crippen LogP contribution in [0.2, 0.25) is 6.82 Å². The third kappa shape index (κ3) is 3.37. The van der Waals surface area contributed by atoms with Gasteiger partial charge in [-0.2, -0.15) is 0 Å². The Morgan fingerprint density at radius 1 is 1.07 bits per heavy atom. The summed E-state index contributed by atoms with van der Waals surface area (Å²) in [5, 5.41) is 10.4. The standard InChI is InChI=1S/C20H18BN3O4/c1-21(25)24(20-23-12-18(28-20)14-6-4-3-5-7-14)15-8-9-16(17(10-15)26-2)19-11-22-13-27-19/h3-13,25H,1-2H3. The molecule has 0 bridgehead atoms. The molecule has 0 spiro atoms. The lowest BCUT2D eigenvalue weighted by molar-refractivity contribution is 0.414. The summed E-state index contributed by atoms with van der Waals surface area (Å²) in [6.07, 6.45) is 4.62. The van der Waals surface area contributed by atoms with Crippen LogP contribution in [0.1, 0.15) is 0 Å². The number of ether oxygens (including phenoxy) is 1. The summed E-state index contributed by atoms with van der Waals surface area (Å²) < 4.78 is 16.8. The van der Waals surface area contributed by atoms with Gasteiger partial charge in [-0.05, 0) is 19.0 Å². The maximum absolute atomic E-state index is 10.4. The molecule has 0 saturated carbocycles. The molecule has 0 unspecified atom stereocenters. The zero-order valence-electron chi connectivity index (χ0n) is 15.4. The van der Waals surface area contributed by atoms with Gasteiger partial charge in [0.15, 0.2) is 17.9 Å². The van der Waals surface area contributed by atoms with Gasteiger partial charge in [0, 0.05) is 17.3 Å². The highest BCUT2D eigenvalue weighted by molar-refractivity contribution is 6.55. The molecule has 0 atom stereocenters. The quantitative estimate of drug-likeness (QED) is 0.504. The number of hydrogen-bond acceptors (Lipinski definition) is 7. The Balaban J connectivity index is 1.72. The topological polar surface area (TPSA) is 84.8 Å². The lowest BCUT2D eigenvalue weighted by Gasteiger charge is -2.22. The largest absolute Gasteiger partial charge is 0.496 e. The molecular formula is C20H18BN3O4. The van der Waals surface area contributed by atoms with Gasteiger partial charge in [-0.1, -0.05) is 30.3 Å². The lowest BCUT2D eigenvalue weighted by Crippen LogP contribution is -2.32. The summed E-state index contributed by atoms with van der Waals surface area (Å²) in [5.41, 5.74) is 2.33. The molecule has 0 saturated heterocycles. The van der Waals surface area contributed by atoms with Crippen molar-refractivity contribution >= 4 is 18.8 Å². The monoisotopic (exact) mass is 375 g/mol. The molecular weight excluding hydrogens is 357 g/mol. The summed E-state index contributed by atoms with van der Waals surface area (Å²) in [5.74, 6) is 1.79. The minimum atomic E-state index is -0.872. The average molecular weight is 375 g/mol. The zero-order valence-corrected chi connectivity index (χ0v) is 15.4. The summed E-state index contributed by atoms with van der Waals surface area (Å²) in [4.78, 5) is 9.87. The van der Waals surface area contributed by atoms with Crippen molar-refractivity contribution < 1.29 is 18.6 Å². The molecule has 28 heavy (non-hydrogen) atoms. The SMILES string of the molecule is COc1cc(N(B(C)O)c2ncc(-c3ccccc3)o2)ccc1-c1cnco1. The molecule has 2 heterocycles. The van der Waals surface area contributed by atoms with Crippen molar-refractivity contribution in [2.45, 2.75) is 6.82 Å². The maximum Gasteiger partial charge on any atom is 0.417 e. The Morgan fingerprint density at radius 2 is 1.89 bits per heavy atom. The van der Waals surface area contributed by atoms with Crippen molar-refractivity contribution in [3.8, 4) is 28.4 Å². The van der Waals surface area contributed by atoms with E-state index in [9.17, 15) is 5.02 Å². The average Bonchev–Trinajstić information content (AvgIpc) is 3.41. The summed E-state index contributed by atoms with van der Waals surface area (Å²) >= 11 is 0. The van der Waals surface area contributed by atoms with Crippen LogP contribution in [0, 0.1) is 0 Å². The Kier molecular flexibility index (Phi) is 4.86. The van der Waals surface area contributed by atoms with E-state index in [0.717, 1.165) is 11.1 Å². The maximum atomic E-state index is 10.4. The summed E-state index contributed by atoms with van der Waals surface area (Å²) in [6, 6.07) is 15.4. The van der Waals surface area contributed by atoms with E-state index in [0.29, 0.717) is 23.0 Å². The van der Waals surface area contributed by atoms with Gasteiger partial charge in [-0.25, -0.2) is 9.97 Å². The highest BCUT2D eigenvalue weighted by atomic mass is 16.5. The first kappa shape index (κ1) is 17.9. The molecule has 0 aliphatic carbocycles. The fourth-order valence-corrected chi connectivity index (χ4v) is 2.98. The zero-order chi connectivity index (χ0) is 19.5. The van der Waals surface area contributed by atoms with Crippen molar-refractivity contribution in [1.82, 2.24) is 9.97 Å². The second-order valence-electron chi connectivity index (χ2n) is 6.13. The fraction of sp³-hybridized carbons (Fsp3) is 0.100. The molecule has 4 aromatic rings. The molecule has 8 heteroatoms. The van der Waals surface area contributed by atoms with Crippen LogP contribution in [0.4, 0.5) is 11.7 Å². The third-order valence-electron chi connectivity index (χ3n) is 4.29. The first-order chi connectivity index (χ1) is 13.7. The molecule has 140 valence electrons. The van der Waals surface area contributed by atoms with Gasteiger partial charge < -0.3 is 23.4 Å². The van der Waals surface area contributed by atoms with E-state index in [-0.39, 0.29) is 6.01 Å². The predicted octanol–water partition coefficient (Wildman–Crippen LogP) is 4.25. The molecule has 0 fully saturated rings. The number of benzene rings is 2. The van der Waals surface area contributed by atoms with E-state index in [4.69, 9.17) is 13.6 Å². The molecule has 7 nitrogen and oxygen atoms in total. The van der Waals surface area contributed by atoms with E-state index in [2.05, 4.69) is 9.97 Å². The molecule has 0 aliphatic rings. The van der Waals surface area contributed by atoms with Crippen LogP contribution < -0.4 is 9.55 Å². The van der Waals surface area contributed by atoms with Gasteiger partial charge in [0.2, 0.25) is 0 Å². The van der Waals surface area contributed by atoms with Gasteiger partial charge in [0.05, 0.1) is 25.1 Å². The number of hydrogen-bond donors (Lipinski definition) is 1. The first-order valence-electron chi connectivity index (χ1n) is 8.73. The number of aromatic nitrogens is 2. The minimum Gasteiger partial charge on any atom is -0.496 e. The highest BCUT2D eigenvalue weighted by Gasteiger charge is 2.25.